The summed E-state index contributed by atoms with van der Waals surface area (Å²) in [5, 5.41) is 7.03. The van der Waals surface area contributed by atoms with E-state index in [1.807, 2.05) is 46.0 Å². The first-order valence-corrected chi connectivity index (χ1v) is 11.7. The van der Waals surface area contributed by atoms with Crippen LogP contribution in [0.4, 0.5) is 15.3 Å². The van der Waals surface area contributed by atoms with E-state index in [0.717, 1.165) is 24.1 Å². The molecule has 0 saturated carbocycles. The van der Waals surface area contributed by atoms with Crippen molar-refractivity contribution in [2.24, 2.45) is 13.0 Å². The Hall–Kier alpha value is -3.23. The second-order valence-electron chi connectivity index (χ2n) is 9.85. The Morgan fingerprint density at radius 1 is 1.18 bits per heavy atom. The second-order valence-corrected chi connectivity index (χ2v) is 9.85. The van der Waals surface area contributed by atoms with E-state index < -0.39 is 11.7 Å². The maximum atomic E-state index is 12.3. The monoisotopic (exact) mass is 472 g/mol. The van der Waals surface area contributed by atoms with Gasteiger partial charge in [0.2, 0.25) is 0 Å². The first-order chi connectivity index (χ1) is 16.0. The number of piperidine rings is 1. The molecule has 34 heavy (non-hydrogen) atoms. The van der Waals surface area contributed by atoms with Crippen LogP contribution in [0, 0.1) is 5.92 Å². The molecule has 2 heterocycles. The molecule has 2 aromatic rings. The minimum absolute atomic E-state index is 0.208. The summed E-state index contributed by atoms with van der Waals surface area (Å²) in [6.07, 6.45) is 2.45. The third-order valence-corrected chi connectivity index (χ3v) is 5.41. The largest absolute Gasteiger partial charge is 0.493 e. The fourth-order valence-electron chi connectivity index (χ4n) is 3.75. The zero-order chi connectivity index (χ0) is 24.9. The normalized spacial score (nSPS) is 14.7. The SMILES string of the molecule is CC(C)OC(=O)Nc1ccc(OCC2CCN(C(=O)OC(C)(C)C)CC2)c(-c2ccnn2C)c1. The van der Waals surface area contributed by atoms with Crippen molar-refractivity contribution in [2.75, 3.05) is 25.0 Å². The van der Waals surface area contributed by atoms with E-state index in [1.54, 1.807) is 35.7 Å². The van der Waals surface area contributed by atoms with Crippen LogP contribution in [0.3, 0.4) is 0 Å². The summed E-state index contributed by atoms with van der Waals surface area (Å²) < 4.78 is 18.7. The number of aromatic nitrogens is 2. The Labute approximate surface area is 201 Å². The molecule has 1 N–H and O–H groups in total. The number of nitrogens with zero attached hydrogens (tertiary/aromatic N) is 3. The summed E-state index contributed by atoms with van der Waals surface area (Å²) in [5.74, 6) is 1.04. The molecule has 0 atom stereocenters. The van der Waals surface area contributed by atoms with Crippen LogP contribution in [0.1, 0.15) is 47.5 Å². The Morgan fingerprint density at radius 3 is 2.47 bits per heavy atom. The van der Waals surface area contributed by atoms with Gasteiger partial charge in [-0.2, -0.15) is 5.10 Å². The number of likely N-dealkylation sites (tertiary alicyclic amines) is 1. The van der Waals surface area contributed by atoms with Crippen LogP contribution in [0.5, 0.6) is 5.75 Å². The lowest BCUT2D eigenvalue weighted by Gasteiger charge is -2.33. The van der Waals surface area contributed by atoms with Crippen molar-refractivity contribution in [1.82, 2.24) is 14.7 Å². The first-order valence-electron chi connectivity index (χ1n) is 11.7. The van der Waals surface area contributed by atoms with Gasteiger partial charge >= 0.3 is 12.2 Å². The van der Waals surface area contributed by atoms with Gasteiger partial charge in [0.25, 0.3) is 0 Å². The number of carbonyl (C=O) groups excluding carboxylic acids is 2. The Balaban J connectivity index is 1.65. The summed E-state index contributed by atoms with van der Waals surface area (Å²) in [5.41, 5.74) is 1.82. The second kappa shape index (κ2) is 10.8. The van der Waals surface area contributed by atoms with Crippen LogP contribution in [0.2, 0.25) is 0 Å². The minimum Gasteiger partial charge on any atom is -0.493 e. The smallest absolute Gasteiger partial charge is 0.411 e. The number of benzene rings is 1. The van der Waals surface area contributed by atoms with E-state index in [9.17, 15) is 9.59 Å². The van der Waals surface area contributed by atoms with Gasteiger partial charge < -0.3 is 19.1 Å². The van der Waals surface area contributed by atoms with Crippen molar-refractivity contribution in [3.63, 3.8) is 0 Å². The molecule has 3 rings (SSSR count). The summed E-state index contributed by atoms with van der Waals surface area (Å²) in [6.45, 7) is 11.1. The average molecular weight is 473 g/mol. The van der Waals surface area contributed by atoms with Gasteiger partial charge in [0, 0.05) is 37.6 Å². The molecule has 1 aliphatic rings. The van der Waals surface area contributed by atoms with Crippen LogP contribution in [-0.4, -0.2) is 58.3 Å². The van der Waals surface area contributed by atoms with Crippen LogP contribution in [0.25, 0.3) is 11.3 Å². The van der Waals surface area contributed by atoms with Gasteiger partial charge in [0.15, 0.2) is 0 Å². The standard InChI is InChI=1S/C25H36N4O5/c1-17(2)33-23(30)27-19-7-8-22(20(15-19)21-9-12-26-28(21)6)32-16-18-10-13-29(14-11-18)24(31)34-25(3,4)5/h7-9,12,15,17-18H,10-11,13-14,16H2,1-6H3,(H,27,30). The number of rotatable bonds is 6. The van der Waals surface area contributed by atoms with Crippen LogP contribution in [-0.2, 0) is 16.5 Å². The number of anilines is 1. The van der Waals surface area contributed by atoms with Crippen molar-refractivity contribution >= 4 is 17.9 Å². The zero-order valence-corrected chi connectivity index (χ0v) is 21.0. The van der Waals surface area contributed by atoms with Gasteiger partial charge in [0.1, 0.15) is 11.4 Å². The van der Waals surface area contributed by atoms with Gasteiger partial charge in [-0.05, 0) is 77.6 Å². The van der Waals surface area contributed by atoms with E-state index in [4.69, 9.17) is 14.2 Å². The number of carbonyl (C=O) groups is 2. The Kier molecular flexibility index (Phi) is 8.06. The van der Waals surface area contributed by atoms with E-state index in [1.165, 1.54) is 0 Å². The molecule has 1 aromatic heterocycles. The lowest BCUT2D eigenvalue weighted by molar-refractivity contribution is 0.0165. The summed E-state index contributed by atoms with van der Waals surface area (Å²) in [4.78, 5) is 26.1. The molecule has 9 heteroatoms. The lowest BCUT2D eigenvalue weighted by atomic mass is 9.98. The molecule has 0 bridgehead atoms. The summed E-state index contributed by atoms with van der Waals surface area (Å²) in [6, 6.07) is 7.40. The van der Waals surface area contributed by atoms with Crippen molar-refractivity contribution < 1.29 is 23.8 Å². The number of amides is 2. The van der Waals surface area contributed by atoms with E-state index in [-0.39, 0.29) is 12.2 Å². The fourth-order valence-corrected chi connectivity index (χ4v) is 3.75. The predicted octanol–water partition coefficient (Wildman–Crippen LogP) is 5.07. The van der Waals surface area contributed by atoms with Gasteiger partial charge in [-0.25, -0.2) is 9.59 Å². The fraction of sp³-hybridized carbons (Fsp3) is 0.560. The molecule has 9 nitrogen and oxygen atoms in total. The highest BCUT2D eigenvalue weighted by Gasteiger charge is 2.27. The topological polar surface area (TPSA) is 94.9 Å². The summed E-state index contributed by atoms with van der Waals surface area (Å²) >= 11 is 0. The molecular formula is C25H36N4O5. The first kappa shape index (κ1) is 25.4. The van der Waals surface area contributed by atoms with Gasteiger partial charge in [-0.15, -0.1) is 0 Å². The van der Waals surface area contributed by atoms with Crippen molar-refractivity contribution in [2.45, 2.75) is 59.2 Å². The van der Waals surface area contributed by atoms with E-state index in [0.29, 0.717) is 37.1 Å². The third-order valence-electron chi connectivity index (χ3n) is 5.41. The maximum Gasteiger partial charge on any atom is 0.411 e. The van der Waals surface area contributed by atoms with Crippen LogP contribution >= 0.6 is 0 Å². The van der Waals surface area contributed by atoms with Crippen molar-refractivity contribution in [3.8, 4) is 17.0 Å². The molecular weight excluding hydrogens is 436 g/mol. The molecule has 1 aliphatic heterocycles. The molecule has 186 valence electrons. The van der Waals surface area contributed by atoms with E-state index >= 15 is 0 Å². The highest BCUT2D eigenvalue weighted by molar-refractivity contribution is 5.86. The molecule has 1 fully saturated rings. The molecule has 0 unspecified atom stereocenters. The molecule has 0 aliphatic carbocycles. The Bertz CT molecular complexity index is 987. The predicted molar refractivity (Wildman–Crippen MR) is 130 cm³/mol. The molecule has 1 aromatic carbocycles. The number of nitrogens with one attached hydrogen (secondary N) is 1. The molecule has 0 radical (unpaired) electrons. The molecule has 2 amide bonds. The van der Waals surface area contributed by atoms with Crippen LogP contribution in [0.15, 0.2) is 30.5 Å². The quantitative estimate of drug-likeness (QED) is 0.631. The lowest BCUT2D eigenvalue weighted by Crippen LogP contribution is -2.42. The zero-order valence-electron chi connectivity index (χ0n) is 21.0. The maximum absolute atomic E-state index is 12.3. The summed E-state index contributed by atoms with van der Waals surface area (Å²) in [7, 11) is 1.86. The highest BCUT2D eigenvalue weighted by Crippen LogP contribution is 2.33. The van der Waals surface area contributed by atoms with Gasteiger partial charge in [0.05, 0.1) is 18.4 Å². The van der Waals surface area contributed by atoms with Crippen LogP contribution < -0.4 is 10.1 Å². The highest BCUT2D eigenvalue weighted by atomic mass is 16.6. The number of aryl methyl sites for hydroxylation is 1. The molecule has 0 spiro atoms. The molecule has 1 saturated heterocycles. The van der Waals surface area contributed by atoms with Gasteiger partial charge in [-0.3, -0.25) is 10.00 Å². The van der Waals surface area contributed by atoms with Crippen molar-refractivity contribution in [1.29, 1.82) is 0 Å². The third kappa shape index (κ3) is 7.13. The number of ether oxygens (including phenoxy) is 3. The number of hydrogen-bond acceptors (Lipinski definition) is 6. The number of hydrogen-bond donors (Lipinski definition) is 1. The minimum atomic E-state index is -0.503. The van der Waals surface area contributed by atoms with Gasteiger partial charge in [-0.1, -0.05) is 0 Å². The Morgan fingerprint density at radius 2 is 1.88 bits per heavy atom. The van der Waals surface area contributed by atoms with Crippen molar-refractivity contribution in [3.05, 3.63) is 30.5 Å². The van der Waals surface area contributed by atoms with E-state index in [2.05, 4.69) is 10.4 Å². The average Bonchev–Trinajstić information content (AvgIpc) is 3.17.